The van der Waals surface area contributed by atoms with Crippen molar-refractivity contribution in [2.75, 3.05) is 11.9 Å². The van der Waals surface area contributed by atoms with Crippen LogP contribution in [0.2, 0.25) is 10.0 Å². The van der Waals surface area contributed by atoms with Gasteiger partial charge >= 0.3 is 0 Å². The van der Waals surface area contributed by atoms with Gasteiger partial charge < -0.3 is 4.90 Å². The molecule has 1 aromatic carbocycles. The van der Waals surface area contributed by atoms with Crippen molar-refractivity contribution >= 4 is 29.0 Å². The summed E-state index contributed by atoms with van der Waals surface area (Å²) in [6.07, 6.45) is 1.65. The van der Waals surface area contributed by atoms with Crippen molar-refractivity contribution in [3.05, 3.63) is 58.2 Å². The highest BCUT2D eigenvalue weighted by Crippen LogP contribution is 2.25. The zero-order valence-electron chi connectivity index (χ0n) is 10.3. The molecule has 1 atom stereocenters. The predicted octanol–water partition coefficient (Wildman–Crippen LogP) is 4.59. The van der Waals surface area contributed by atoms with Crippen molar-refractivity contribution in [1.82, 2.24) is 4.98 Å². The third-order valence-corrected chi connectivity index (χ3v) is 3.48. The van der Waals surface area contributed by atoms with E-state index in [1.807, 2.05) is 43.4 Å². The van der Waals surface area contributed by atoms with E-state index in [1.54, 1.807) is 6.20 Å². The molecule has 1 aromatic heterocycles. The molecular weight excluding hydrogens is 267 g/mol. The molecule has 2 aromatic rings. The molecular formula is C14H14Cl2N2. The van der Waals surface area contributed by atoms with Crippen LogP contribution in [-0.2, 0) is 0 Å². The molecule has 0 aliphatic carbocycles. The van der Waals surface area contributed by atoms with Crippen molar-refractivity contribution in [3.63, 3.8) is 0 Å². The zero-order valence-corrected chi connectivity index (χ0v) is 11.8. The molecule has 0 radical (unpaired) electrons. The zero-order chi connectivity index (χ0) is 13.1. The highest BCUT2D eigenvalue weighted by molar-refractivity contribution is 6.30. The van der Waals surface area contributed by atoms with Gasteiger partial charge in [0.05, 0.1) is 11.1 Å². The number of hydrogen-bond acceptors (Lipinski definition) is 2. The third-order valence-electron chi connectivity index (χ3n) is 3.01. The minimum absolute atomic E-state index is 0.218. The SMILES string of the molecule is CC(c1ccc(Cl)cc1)N(C)c1ccc(Cl)cn1. The van der Waals surface area contributed by atoms with E-state index < -0.39 is 0 Å². The average Bonchev–Trinajstić information content (AvgIpc) is 2.39. The Bertz CT molecular complexity index is 459. The van der Waals surface area contributed by atoms with Gasteiger partial charge in [0.2, 0.25) is 0 Å². The van der Waals surface area contributed by atoms with Gasteiger partial charge in [0.25, 0.3) is 0 Å². The van der Waals surface area contributed by atoms with E-state index in [1.165, 1.54) is 5.56 Å². The molecule has 1 heterocycles. The average molecular weight is 281 g/mol. The first kappa shape index (κ1) is 13.2. The van der Waals surface area contributed by atoms with Crippen LogP contribution in [-0.4, -0.2) is 12.0 Å². The lowest BCUT2D eigenvalue weighted by Gasteiger charge is -2.26. The van der Waals surface area contributed by atoms with Gasteiger partial charge in [-0.2, -0.15) is 0 Å². The molecule has 2 rings (SSSR count). The Morgan fingerprint density at radius 2 is 1.61 bits per heavy atom. The van der Waals surface area contributed by atoms with Gasteiger partial charge in [-0.15, -0.1) is 0 Å². The molecule has 2 nitrogen and oxygen atoms in total. The lowest BCUT2D eigenvalue weighted by atomic mass is 10.1. The van der Waals surface area contributed by atoms with Gasteiger partial charge in [-0.1, -0.05) is 35.3 Å². The normalized spacial score (nSPS) is 12.2. The smallest absolute Gasteiger partial charge is 0.128 e. The fraction of sp³-hybridized carbons (Fsp3) is 0.214. The van der Waals surface area contributed by atoms with Crippen LogP contribution in [0.3, 0.4) is 0 Å². The van der Waals surface area contributed by atoms with E-state index in [2.05, 4.69) is 16.8 Å². The molecule has 94 valence electrons. The highest BCUT2D eigenvalue weighted by Gasteiger charge is 2.13. The topological polar surface area (TPSA) is 16.1 Å². The Balaban J connectivity index is 2.20. The molecule has 0 spiro atoms. The maximum atomic E-state index is 5.89. The molecule has 0 saturated carbocycles. The molecule has 0 aliphatic heterocycles. The van der Waals surface area contributed by atoms with E-state index in [-0.39, 0.29) is 6.04 Å². The van der Waals surface area contributed by atoms with Crippen molar-refractivity contribution in [1.29, 1.82) is 0 Å². The molecule has 4 heteroatoms. The number of rotatable bonds is 3. The van der Waals surface area contributed by atoms with Crippen LogP contribution in [0.1, 0.15) is 18.5 Å². The molecule has 0 bridgehead atoms. The highest BCUT2D eigenvalue weighted by atomic mass is 35.5. The summed E-state index contributed by atoms with van der Waals surface area (Å²) < 4.78 is 0. The summed E-state index contributed by atoms with van der Waals surface area (Å²) in [5.41, 5.74) is 1.19. The summed E-state index contributed by atoms with van der Waals surface area (Å²) in [6, 6.07) is 11.8. The van der Waals surface area contributed by atoms with Gasteiger partial charge in [-0.25, -0.2) is 4.98 Å². The van der Waals surface area contributed by atoms with Crippen LogP contribution >= 0.6 is 23.2 Å². The quantitative estimate of drug-likeness (QED) is 0.818. The first-order valence-corrected chi connectivity index (χ1v) is 6.43. The standard InChI is InChI=1S/C14H14Cl2N2/c1-10(11-3-5-12(15)6-4-11)18(2)14-8-7-13(16)9-17-14/h3-10H,1-2H3. The van der Waals surface area contributed by atoms with Gasteiger partial charge in [-0.05, 0) is 36.8 Å². The van der Waals surface area contributed by atoms with Gasteiger partial charge in [-0.3, -0.25) is 0 Å². The van der Waals surface area contributed by atoms with Gasteiger partial charge in [0, 0.05) is 18.3 Å². The number of nitrogens with zero attached hydrogens (tertiary/aromatic N) is 2. The number of benzene rings is 1. The summed E-state index contributed by atoms with van der Waals surface area (Å²) in [5, 5.41) is 1.39. The summed E-state index contributed by atoms with van der Waals surface area (Å²) in [7, 11) is 2.01. The first-order chi connectivity index (χ1) is 8.58. The second kappa shape index (κ2) is 5.59. The maximum Gasteiger partial charge on any atom is 0.128 e. The van der Waals surface area contributed by atoms with E-state index in [4.69, 9.17) is 23.2 Å². The minimum Gasteiger partial charge on any atom is -0.353 e. The van der Waals surface area contributed by atoms with Crippen molar-refractivity contribution in [2.45, 2.75) is 13.0 Å². The lowest BCUT2D eigenvalue weighted by Crippen LogP contribution is -2.22. The number of anilines is 1. The van der Waals surface area contributed by atoms with E-state index >= 15 is 0 Å². The summed E-state index contributed by atoms with van der Waals surface area (Å²) in [5.74, 6) is 0.891. The van der Waals surface area contributed by atoms with E-state index in [9.17, 15) is 0 Å². The second-order valence-corrected chi connectivity index (χ2v) is 5.05. The molecule has 18 heavy (non-hydrogen) atoms. The molecule has 1 unspecified atom stereocenters. The van der Waals surface area contributed by atoms with Gasteiger partial charge in [0.1, 0.15) is 5.82 Å². The van der Waals surface area contributed by atoms with Crippen LogP contribution in [0.4, 0.5) is 5.82 Å². The molecule has 0 aliphatic rings. The fourth-order valence-electron chi connectivity index (χ4n) is 1.74. The largest absolute Gasteiger partial charge is 0.353 e. The van der Waals surface area contributed by atoms with E-state index in [0.717, 1.165) is 10.8 Å². The third kappa shape index (κ3) is 2.95. The summed E-state index contributed by atoms with van der Waals surface area (Å²) >= 11 is 11.7. The van der Waals surface area contributed by atoms with Crippen LogP contribution < -0.4 is 4.90 Å². The van der Waals surface area contributed by atoms with Crippen LogP contribution in [0.5, 0.6) is 0 Å². The first-order valence-electron chi connectivity index (χ1n) is 5.68. The molecule has 0 amide bonds. The number of halogens is 2. The van der Waals surface area contributed by atoms with Gasteiger partial charge in [0.15, 0.2) is 0 Å². The Morgan fingerprint density at radius 1 is 1.00 bits per heavy atom. The summed E-state index contributed by atoms with van der Waals surface area (Å²) in [4.78, 5) is 6.41. The monoisotopic (exact) mass is 280 g/mol. The van der Waals surface area contributed by atoms with Crippen molar-refractivity contribution < 1.29 is 0 Å². The van der Waals surface area contributed by atoms with Crippen LogP contribution in [0.15, 0.2) is 42.6 Å². The predicted molar refractivity (Wildman–Crippen MR) is 77.5 cm³/mol. The second-order valence-electron chi connectivity index (χ2n) is 4.17. The Morgan fingerprint density at radius 3 is 2.17 bits per heavy atom. The van der Waals surface area contributed by atoms with Crippen molar-refractivity contribution in [2.24, 2.45) is 0 Å². The number of pyridine rings is 1. The molecule has 0 fully saturated rings. The Labute approximate surface area is 117 Å². The Hall–Kier alpha value is -1.25. The minimum atomic E-state index is 0.218. The maximum absolute atomic E-state index is 5.89. The fourth-order valence-corrected chi connectivity index (χ4v) is 1.98. The number of aromatic nitrogens is 1. The molecule has 0 saturated heterocycles. The molecule has 0 N–H and O–H groups in total. The lowest BCUT2D eigenvalue weighted by molar-refractivity contribution is 0.729. The van der Waals surface area contributed by atoms with Crippen molar-refractivity contribution in [3.8, 4) is 0 Å². The Kier molecular flexibility index (Phi) is 4.10. The van der Waals surface area contributed by atoms with E-state index in [0.29, 0.717) is 5.02 Å². The number of hydrogen-bond donors (Lipinski definition) is 0. The van der Waals surface area contributed by atoms with Crippen LogP contribution in [0, 0.1) is 0 Å². The van der Waals surface area contributed by atoms with Crippen LogP contribution in [0.25, 0.3) is 0 Å². The summed E-state index contributed by atoms with van der Waals surface area (Å²) in [6.45, 7) is 2.12.